The van der Waals surface area contributed by atoms with Crippen molar-refractivity contribution < 1.29 is 14.7 Å². The van der Waals surface area contributed by atoms with E-state index in [0.29, 0.717) is 23.7 Å². The number of primary amides is 1. The second-order valence-corrected chi connectivity index (χ2v) is 5.78. The monoisotopic (exact) mass is 291 g/mol. The number of hydrogen-bond acceptors (Lipinski definition) is 4. The van der Waals surface area contributed by atoms with Crippen molar-refractivity contribution in [3.63, 3.8) is 0 Å². The van der Waals surface area contributed by atoms with Crippen LogP contribution in [0.2, 0.25) is 0 Å². The minimum Gasteiger partial charge on any atom is -0.378 e. The molecular weight excluding hydrogens is 270 g/mol. The first kappa shape index (κ1) is 15.3. The molecule has 0 spiro atoms. The van der Waals surface area contributed by atoms with Crippen molar-refractivity contribution in [2.75, 3.05) is 29.9 Å². The van der Waals surface area contributed by atoms with Crippen LogP contribution in [0.4, 0.5) is 11.4 Å². The van der Waals surface area contributed by atoms with Gasteiger partial charge < -0.3 is 20.6 Å². The zero-order valence-electron chi connectivity index (χ0n) is 12.5. The Morgan fingerprint density at radius 1 is 1.48 bits per heavy atom. The predicted molar refractivity (Wildman–Crippen MR) is 81.1 cm³/mol. The Balaban J connectivity index is 2.35. The van der Waals surface area contributed by atoms with Crippen LogP contribution in [0, 0.1) is 5.92 Å². The molecule has 2 amide bonds. The minimum atomic E-state index is -1.10. The zero-order chi connectivity index (χ0) is 15.7. The number of likely N-dealkylation sites (N-methyl/N-ethyl adjacent to an activating group) is 1. The maximum Gasteiger partial charge on any atom is 0.260 e. The zero-order valence-corrected chi connectivity index (χ0v) is 12.5. The average molecular weight is 291 g/mol. The molecule has 1 unspecified atom stereocenters. The second-order valence-electron chi connectivity index (χ2n) is 5.78. The van der Waals surface area contributed by atoms with Gasteiger partial charge in [0.05, 0.1) is 12.2 Å². The number of aliphatic hydroxyl groups excluding tert-OH is 1. The van der Waals surface area contributed by atoms with Gasteiger partial charge in [-0.1, -0.05) is 19.9 Å². The molecule has 0 aliphatic carbocycles. The molecule has 21 heavy (non-hydrogen) atoms. The number of nitrogens with two attached hydrogens (primary N) is 1. The Morgan fingerprint density at radius 2 is 2.14 bits per heavy atom. The fourth-order valence-corrected chi connectivity index (χ4v) is 2.58. The van der Waals surface area contributed by atoms with Crippen LogP contribution in [0.3, 0.4) is 0 Å². The predicted octanol–water partition coefficient (Wildman–Crippen LogP) is 0.644. The summed E-state index contributed by atoms with van der Waals surface area (Å²) in [5, 5.41) is 9.86. The van der Waals surface area contributed by atoms with Crippen molar-refractivity contribution in [2.24, 2.45) is 11.7 Å². The van der Waals surface area contributed by atoms with E-state index in [1.54, 1.807) is 19.2 Å². The van der Waals surface area contributed by atoms with E-state index < -0.39 is 12.0 Å². The molecule has 6 nitrogen and oxygen atoms in total. The first-order chi connectivity index (χ1) is 9.81. The largest absolute Gasteiger partial charge is 0.378 e. The molecule has 3 N–H and O–H groups in total. The molecular formula is C15H21N3O3. The lowest BCUT2D eigenvalue weighted by Crippen LogP contribution is -2.36. The summed E-state index contributed by atoms with van der Waals surface area (Å²) < 4.78 is 0. The number of benzene rings is 1. The summed E-state index contributed by atoms with van der Waals surface area (Å²) in [6.45, 7) is 4.92. The summed E-state index contributed by atoms with van der Waals surface area (Å²) >= 11 is 0. The molecule has 1 aliphatic heterocycles. The van der Waals surface area contributed by atoms with E-state index in [2.05, 4.69) is 13.8 Å². The van der Waals surface area contributed by atoms with Crippen LogP contribution < -0.4 is 15.5 Å². The van der Waals surface area contributed by atoms with E-state index in [-0.39, 0.29) is 12.5 Å². The Bertz CT molecular complexity index is 571. The van der Waals surface area contributed by atoms with Crippen molar-refractivity contribution in [1.82, 2.24) is 0 Å². The number of nitrogens with zero attached hydrogens (tertiary/aromatic N) is 2. The van der Waals surface area contributed by atoms with Crippen LogP contribution in [0.5, 0.6) is 0 Å². The van der Waals surface area contributed by atoms with E-state index in [4.69, 9.17) is 5.73 Å². The molecule has 1 heterocycles. The van der Waals surface area contributed by atoms with E-state index >= 15 is 0 Å². The topological polar surface area (TPSA) is 86.9 Å². The molecule has 0 fully saturated rings. The second kappa shape index (κ2) is 5.73. The molecule has 1 aromatic rings. The summed E-state index contributed by atoms with van der Waals surface area (Å²) in [7, 11) is 1.63. The van der Waals surface area contributed by atoms with Gasteiger partial charge in [-0.15, -0.1) is 0 Å². The molecule has 1 atom stereocenters. The molecule has 0 bridgehead atoms. The third kappa shape index (κ3) is 3.00. The Morgan fingerprint density at radius 3 is 2.71 bits per heavy atom. The number of rotatable bonds is 5. The number of amides is 2. The van der Waals surface area contributed by atoms with Gasteiger partial charge in [0, 0.05) is 24.8 Å². The van der Waals surface area contributed by atoms with Gasteiger partial charge in [0.25, 0.3) is 5.91 Å². The molecule has 1 aromatic carbocycles. The van der Waals surface area contributed by atoms with Crippen molar-refractivity contribution >= 4 is 23.2 Å². The number of aliphatic hydroxyl groups is 1. The molecule has 0 saturated heterocycles. The summed E-state index contributed by atoms with van der Waals surface area (Å²) in [5.41, 5.74) is 7.38. The summed E-state index contributed by atoms with van der Waals surface area (Å²) in [4.78, 5) is 26.3. The lowest BCUT2D eigenvalue weighted by Gasteiger charge is -2.26. The maximum absolute atomic E-state index is 11.8. The molecule has 6 heteroatoms. The van der Waals surface area contributed by atoms with E-state index in [9.17, 15) is 14.7 Å². The molecule has 114 valence electrons. The highest BCUT2D eigenvalue weighted by molar-refractivity contribution is 6.04. The quantitative estimate of drug-likeness (QED) is 0.833. The molecule has 0 radical (unpaired) electrons. The van der Waals surface area contributed by atoms with Crippen LogP contribution in [-0.2, 0) is 9.59 Å². The summed E-state index contributed by atoms with van der Waals surface area (Å²) in [5.74, 6) is -0.379. The van der Waals surface area contributed by atoms with Crippen molar-refractivity contribution in [3.8, 4) is 0 Å². The highest BCUT2D eigenvalue weighted by Crippen LogP contribution is 2.37. The molecule has 2 rings (SSSR count). The summed E-state index contributed by atoms with van der Waals surface area (Å²) in [6.07, 6.45) is -1.10. The highest BCUT2D eigenvalue weighted by Gasteiger charge is 2.34. The number of fused-ring (bicyclic) bond motifs is 1. The number of anilines is 2. The van der Waals surface area contributed by atoms with Gasteiger partial charge in [0.15, 0.2) is 6.10 Å². The van der Waals surface area contributed by atoms with Crippen LogP contribution in [0.25, 0.3) is 0 Å². The van der Waals surface area contributed by atoms with E-state index in [0.717, 1.165) is 5.69 Å². The van der Waals surface area contributed by atoms with Gasteiger partial charge in [-0.2, -0.15) is 0 Å². The average Bonchev–Trinajstić information content (AvgIpc) is 2.62. The third-order valence-corrected chi connectivity index (χ3v) is 3.53. The number of hydrogen-bond donors (Lipinski definition) is 2. The molecule has 1 aliphatic rings. The Labute approximate surface area is 124 Å². The van der Waals surface area contributed by atoms with Crippen LogP contribution in [0.1, 0.15) is 25.5 Å². The van der Waals surface area contributed by atoms with Gasteiger partial charge >= 0.3 is 0 Å². The van der Waals surface area contributed by atoms with Crippen molar-refractivity contribution in [2.45, 2.75) is 20.0 Å². The van der Waals surface area contributed by atoms with Gasteiger partial charge in [-0.25, -0.2) is 0 Å². The molecule has 0 saturated carbocycles. The van der Waals surface area contributed by atoms with Crippen LogP contribution in [-0.4, -0.2) is 37.1 Å². The van der Waals surface area contributed by atoms with Gasteiger partial charge in [-0.3, -0.25) is 9.59 Å². The fourth-order valence-electron chi connectivity index (χ4n) is 2.58. The van der Waals surface area contributed by atoms with Gasteiger partial charge in [0.2, 0.25) is 5.91 Å². The van der Waals surface area contributed by atoms with Crippen molar-refractivity contribution in [1.29, 1.82) is 0 Å². The minimum absolute atomic E-state index is 0.122. The fraction of sp³-hybridized carbons (Fsp3) is 0.467. The highest BCUT2D eigenvalue weighted by atomic mass is 16.3. The number of carbonyl (C=O) groups is 2. The number of carbonyl (C=O) groups excluding carboxylic acids is 2. The first-order valence-corrected chi connectivity index (χ1v) is 6.94. The smallest absolute Gasteiger partial charge is 0.260 e. The van der Waals surface area contributed by atoms with Gasteiger partial charge in [-0.05, 0) is 18.1 Å². The SMILES string of the molecule is CC(C)CN(CC(N)=O)c1ccc2c(c1)N(C)C(=O)C2O. The van der Waals surface area contributed by atoms with E-state index in [1.807, 2.05) is 11.0 Å². The Kier molecular flexibility index (Phi) is 4.18. The normalized spacial score (nSPS) is 17.3. The lowest BCUT2D eigenvalue weighted by atomic mass is 10.1. The standard InChI is InChI=1S/C15H21N3O3/c1-9(2)7-18(8-13(16)19)10-4-5-11-12(6-10)17(3)15(21)14(11)20/h4-6,9,14,20H,7-8H2,1-3H3,(H2,16,19). The Hall–Kier alpha value is -2.08. The molecule has 0 aromatic heterocycles. The van der Waals surface area contributed by atoms with Crippen LogP contribution >= 0.6 is 0 Å². The lowest BCUT2D eigenvalue weighted by molar-refractivity contribution is -0.125. The van der Waals surface area contributed by atoms with E-state index in [1.165, 1.54) is 4.90 Å². The van der Waals surface area contributed by atoms with Crippen LogP contribution in [0.15, 0.2) is 18.2 Å². The maximum atomic E-state index is 11.8. The first-order valence-electron chi connectivity index (χ1n) is 6.94. The third-order valence-electron chi connectivity index (χ3n) is 3.53. The van der Waals surface area contributed by atoms with Crippen molar-refractivity contribution in [3.05, 3.63) is 23.8 Å². The summed E-state index contributed by atoms with van der Waals surface area (Å²) in [6, 6.07) is 5.35. The van der Waals surface area contributed by atoms with Gasteiger partial charge in [0.1, 0.15) is 0 Å².